The van der Waals surface area contributed by atoms with E-state index in [0.29, 0.717) is 35.9 Å². The van der Waals surface area contributed by atoms with Crippen molar-refractivity contribution in [2.75, 3.05) is 69.2 Å². The van der Waals surface area contributed by atoms with Crippen molar-refractivity contribution in [1.82, 2.24) is 40.0 Å². The second-order valence-corrected chi connectivity index (χ2v) is 21.2. The number of para-hydroxylation sites is 4. The third-order valence-corrected chi connectivity index (χ3v) is 16.2. The van der Waals surface area contributed by atoms with Crippen molar-refractivity contribution in [3.63, 3.8) is 0 Å². The number of amides is 2. The fraction of sp³-hybridized carbons (Fsp3) is 0.200. The van der Waals surface area contributed by atoms with Crippen LogP contribution < -0.4 is 15.1 Å². The first-order valence-corrected chi connectivity index (χ1v) is 27.3. The maximum Gasteiger partial charge on any atom is 0.255 e. The summed E-state index contributed by atoms with van der Waals surface area (Å²) in [7, 11) is 2.15. The molecule has 2 saturated heterocycles. The predicted molar refractivity (Wildman–Crippen MR) is 310 cm³/mol. The number of aromatic amines is 2. The molecular formula is C65H58F2N10O4. The molecule has 0 saturated carbocycles. The van der Waals surface area contributed by atoms with Gasteiger partial charge in [0.25, 0.3) is 11.8 Å². The second kappa shape index (κ2) is 21.3. The molecule has 0 aliphatic carbocycles. The number of hydrogen-bond acceptors (Lipinski definition) is 10. The highest BCUT2D eigenvalue weighted by molar-refractivity contribution is 6.01. The number of phenolic OH excluding ortho intramolecular Hbond substituents is 2. The van der Waals surface area contributed by atoms with Gasteiger partial charge >= 0.3 is 0 Å². The number of piperazine rings is 2. The smallest absolute Gasteiger partial charge is 0.255 e. The molecule has 406 valence electrons. The summed E-state index contributed by atoms with van der Waals surface area (Å²) >= 11 is 0. The molecule has 2 fully saturated rings. The molecule has 2 unspecified atom stereocenters. The lowest BCUT2D eigenvalue weighted by Gasteiger charge is -2.34. The zero-order valence-electron chi connectivity index (χ0n) is 44.5. The summed E-state index contributed by atoms with van der Waals surface area (Å²) in [5.41, 5.74) is 13.0. The van der Waals surface area contributed by atoms with Crippen molar-refractivity contribution in [2.45, 2.75) is 25.2 Å². The van der Waals surface area contributed by atoms with E-state index in [9.17, 15) is 28.6 Å². The summed E-state index contributed by atoms with van der Waals surface area (Å²) < 4.78 is 28.8. The van der Waals surface area contributed by atoms with Gasteiger partial charge < -0.3 is 50.0 Å². The van der Waals surface area contributed by atoms with Gasteiger partial charge in [0.1, 0.15) is 46.9 Å². The van der Waals surface area contributed by atoms with E-state index >= 15 is 0 Å². The van der Waals surface area contributed by atoms with Crippen LogP contribution in [-0.2, 0) is 13.1 Å². The number of hydrogen-bond donors (Lipinski definition) is 5. The Morgan fingerprint density at radius 3 is 1.35 bits per heavy atom. The van der Waals surface area contributed by atoms with Crippen LogP contribution in [-0.4, -0.2) is 116 Å². The second-order valence-electron chi connectivity index (χ2n) is 21.2. The Morgan fingerprint density at radius 2 is 0.901 bits per heavy atom. The molecule has 0 bridgehead atoms. The number of imidazole rings is 2. The number of rotatable bonds is 10. The third kappa shape index (κ3) is 9.97. The molecule has 0 radical (unpaired) electrons. The number of phenols is 2. The summed E-state index contributed by atoms with van der Waals surface area (Å²) in [6, 6.07) is 49.9. The fourth-order valence-corrected chi connectivity index (χ4v) is 11.8. The van der Waals surface area contributed by atoms with Crippen molar-refractivity contribution >= 4 is 45.3 Å². The van der Waals surface area contributed by atoms with Crippen LogP contribution in [0.5, 0.6) is 11.5 Å². The van der Waals surface area contributed by atoms with Gasteiger partial charge in [-0.15, -0.1) is 0 Å². The highest BCUT2D eigenvalue weighted by atomic mass is 19.1. The van der Waals surface area contributed by atoms with E-state index in [-0.39, 0.29) is 34.4 Å². The molecule has 14 rings (SSSR count). The van der Waals surface area contributed by atoms with Crippen molar-refractivity contribution in [3.05, 3.63) is 227 Å². The molecule has 2 amide bonds. The van der Waals surface area contributed by atoms with Crippen LogP contribution in [0.1, 0.15) is 66.7 Å². The third-order valence-electron chi connectivity index (χ3n) is 16.2. The fourth-order valence-electron chi connectivity index (χ4n) is 11.8. The number of H-pyrrole nitrogens is 2. The topological polar surface area (TPSA) is 160 Å². The lowest BCUT2D eigenvalue weighted by atomic mass is 10.00. The standard InChI is InChI=1S/C33H30FN5O2.C32H28FN5O2/c1-37-14-16-38(17-15-37)25-11-8-21(9-12-25)22-6-7-23-20-39(33(41)26(23)18-22)31(27-19-24(34)10-13-30(27)40)32-35-28-4-2-3-5-29(28)36-32;33-23-9-12-29(39)26(18-23)30(31-35-27-3-1-2-4-28(27)36-31)38-19-22-6-5-21(17-25(22)32(38)40)20-7-10-24(11-8-20)37-15-13-34-14-16-37/h2-13,18-19,31,40H,14-17,20H2,1H3,(H,35,36);1-12,17-18,30,34,39H,13-16,19H2,(H,35,36). The number of carbonyl (C=O) groups excluding carboxylic acids is 2. The molecule has 2 atom stereocenters. The number of likely N-dealkylation sites (N-methyl/N-ethyl adjacent to an activating group) is 1. The van der Waals surface area contributed by atoms with Crippen LogP contribution in [0.15, 0.2) is 170 Å². The molecule has 4 aliphatic heterocycles. The largest absolute Gasteiger partial charge is 0.508 e. The SMILES string of the molecule is CN1CCN(c2ccc(-c3ccc4c(c3)C(=O)N(C(c3nc5ccccc5[nH]3)c3cc(F)ccc3O)C4)cc2)CC1.O=C1c2cc(-c3ccc(N4CCNCC4)cc3)ccc2CN1C(c1nc2ccccc2[nH]1)c1cc(F)ccc1O. The molecule has 16 heteroatoms. The Morgan fingerprint density at radius 1 is 0.481 bits per heavy atom. The normalized spacial score (nSPS) is 16.2. The first-order chi connectivity index (χ1) is 39.5. The van der Waals surface area contributed by atoms with Gasteiger partial charge in [0.05, 0.1) is 22.1 Å². The number of aromatic hydroxyl groups is 2. The van der Waals surface area contributed by atoms with Crippen molar-refractivity contribution in [1.29, 1.82) is 0 Å². The van der Waals surface area contributed by atoms with Crippen LogP contribution in [0.2, 0.25) is 0 Å². The van der Waals surface area contributed by atoms with Crippen LogP contribution in [0, 0.1) is 11.6 Å². The average molecular weight is 1080 g/mol. The van der Waals surface area contributed by atoms with Gasteiger partial charge in [-0.2, -0.15) is 0 Å². The summed E-state index contributed by atoms with van der Waals surface area (Å²) in [6.45, 7) is 8.66. The van der Waals surface area contributed by atoms with Gasteiger partial charge in [-0.3, -0.25) is 9.59 Å². The lowest BCUT2D eigenvalue weighted by Crippen LogP contribution is -2.44. The maximum absolute atomic E-state index is 14.4. The summed E-state index contributed by atoms with van der Waals surface area (Å²) in [5.74, 6) is -0.633. The maximum atomic E-state index is 14.4. The quantitative estimate of drug-likeness (QED) is 0.0892. The van der Waals surface area contributed by atoms with E-state index < -0.39 is 23.7 Å². The molecular weight excluding hydrogens is 1020 g/mol. The zero-order chi connectivity index (χ0) is 55.3. The van der Waals surface area contributed by atoms with Crippen LogP contribution in [0.25, 0.3) is 44.3 Å². The van der Waals surface area contributed by atoms with E-state index in [1.54, 1.807) is 9.80 Å². The van der Waals surface area contributed by atoms with Crippen molar-refractivity contribution in [3.8, 4) is 33.8 Å². The number of halogens is 2. The summed E-state index contributed by atoms with van der Waals surface area (Å²) in [5, 5.41) is 24.9. The van der Waals surface area contributed by atoms with E-state index in [2.05, 4.69) is 85.6 Å². The molecule has 8 aromatic carbocycles. The van der Waals surface area contributed by atoms with Crippen LogP contribution >= 0.6 is 0 Å². The van der Waals surface area contributed by atoms with Gasteiger partial charge in [0.15, 0.2) is 0 Å². The molecule has 5 N–H and O–H groups in total. The molecule has 10 aromatic rings. The molecule has 14 nitrogen and oxygen atoms in total. The number of nitrogens with one attached hydrogen (secondary N) is 3. The van der Waals surface area contributed by atoms with E-state index in [4.69, 9.17) is 9.97 Å². The minimum absolute atomic E-state index is 0.0956. The van der Waals surface area contributed by atoms with Crippen molar-refractivity contribution in [2.24, 2.45) is 0 Å². The van der Waals surface area contributed by atoms with Crippen LogP contribution in [0.3, 0.4) is 0 Å². The van der Waals surface area contributed by atoms with Gasteiger partial charge in [-0.05, 0) is 137 Å². The average Bonchev–Trinajstić information content (AvgIpc) is 4.50. The monoisotopic (exact) mass is 1080 g/mol. The van der Waals surface area contributed by atoms with Gasteiger partial charge in [0, 0.05) is 99.1 Å². The van der Waals surface area contributed by atoms with Crippen LogP contribution in [0.4, 0.5) is 20.2 Å². The Bertz CT molecular complexity index is 3930. The number of aromatic nitrogens is 4. The van der Waals surface area contributed by atoms with E-state index in [1.807, 2.05) is 84.9 Å². The van der Waals surface area contributed by atoms with E-state index in [0.717, 1.165) is 108 Å². The molecule has 81 heavy (non-hydrogen) atoms. The summed E-state index contributed by atoms with van der Waals surface area (Å²) in [6.07, 6.45) is 0. The first-order valence-electron chi connectivity index (χ1n) is 27.3. The molecule has 2 aromatic heterocycles. The van der Waals surface area contributed by atoms with Gasteiger partial charge in [-0.25, -0.2) is 18.7 Å². The number of carbonyl (C=O) groups is 2. The Hall–Kier alpha value is -9.38. The zero-order valence-corrected chi connectivity index (χ0v) is 44.5. The number of benzene rings is 8. The van der Waals surface area contributed by atoms with Crippen molar-refractivity contribution < 1.29 is 28.6 Å². The van der Waals surface area contributed by atoms with E-state index in [1.165, 1.54) is 47.8 Å². The Kier molecular flexibility index (Phi) is 13.5. The Labute approximate surface area is 466 Å². The Balaban J connectivity index is 0.000000153. The predicted octanol–water partition coefficient (Wildman–Crippen LogP) is 10.8. The van der Waals surface area contributed by atoms with Gasteiger partial charge in [-0.1, -0.05) is 72.8 Å². The molecule has 6 heterocycles. The minimum Gasteiger partial charge on any atom is -0.508 e. The highest BCUT2D eigenvalue weighted by Crippen LogP contribution is 2.42. The number of anilines is 2. The molecule has 0 spiro atoms. The number of fused-ring (bicyclic) bond motifs is 4. The minimum atomic E-state index is -0.802. The first kappa shape index (κ1) is 51.1. The number of nitrogens with zero attached hydrogens (tertiary/aromatic N) is 7. The summed E-state index contributed by atoms with van der Waals surface area (Å²) in [4.78, 5) is 54.3. The highest BCUT2D eigenvalue weighted by Gasteiger charge is 2.39. The lowest BCUT2D eigenvalue weighted by molar-refractivity contribution is 0.0716. The molecule has 4 aliphatic rings. The van der Waals surface area contributed by atoms with Gasteiger partial charge in [0.2, 0.25) is 0 Å².